The first-order valence-electron chi connectivity index (χ1n) is 24.0. The van der Waals surface area contributed by atoms with E-state index in [1.54, 1.807) is 6.07 Å². The van der Waals surface area contributed by atoms with E-state index >= 15 is 0 Å². The molecule has 1 unspecified atom stereocenters. The first-order valence-corrected chi connectivity index (χ1v) is 24.0. The summed E-state index contributed by atoms with van der Waals surface area (Å²) in [6.45, 7) is 10.3. The Bertz CT molecular complexity index is 1410. The van der Waals surface area contributed by atoms with E-state index in [-0.39, 0.29) is 29.9 Å². The Labute approximate surface area is 366 Å². The minimum atomic E-state index is -0.394. The van der Waals surface area contributed by atoms with Gasteiger partial charge < -0.3 is 19.3 Å². The second-order valence-corrected chi connectivity index (χ2v) is 17.0. The minimum absolute atomic E-state index is 0.0928. The van der Waals surface area contributed by atoms with Gasteiger partial charge in [0.05, 0.1) is 12.7 Å². The Morgan fingerprint density at radius 3 is 1.72 bits per heavy atom. The van der Waals surface area contributed by atoms with Crippen LogP contribution in [0.25, 0.3) is 0 Å². The average Bonchev–Trinajstić information content (AvgIpc) is 3.22. The van der Waals surface area contributed by atoms with Crippen LogP contribution >= 0.6 is 0 Å². The lowest BCUT2D eigenvalue weighted by atomic mass is 9.98. The van der Waals surface area contributed by atoms with Crippen LogP contribution in [0.5, 0.6) is 11.5 Å². The molecule has 0 bridgehead atoms. The van der Waals surface area contributed by atoms with Crippen molar-refractivity contribution >= 4 is 18.2 Å². The number of carbonyl (C=O) groups excluding carboxylic acids is 3. The zero-order chi connectivity index (χ0) is 44.1. The van der Waals surface area contributed by atoms with Crippen molar-refractivity contribution in [3.63, 3.8) is 0 Å². The van der Waals surface area contributed by atoms with E-state index in [4.69, 9.17) is 14.2 Å². The lowest BCUT2D eigenvalue weighted by Crippen LogP contribution is -2.17. The molecule has 0 aromatic heterocycles. The SMILES string of the molecule is CCCCC/C=C\C/C=C\CCCCCCCC(=O)OC(C=C(C)C)CC(C)=CCc1c(OC)cc(COC(=O)CCCCCCCCCCCCCCC)c(C=O)c1O. The van der Waals surface area contributed by atoms with E-state index in [9.17, 15) is 19.5 Å². The first kappa shape index (κ1) is 54.4. The predicted molar refractivity (Wildman–Crippen MR) is 251 cm³/mol. The maximum absolute atomic E-state index is 12.8. The minimum Gasteiger partial charge on any atom is -0.507 e. The molecule has 0 heterocycles. The molecule has 0 aliphatic rings. The Hall–Kier alpha value is -3.61. The Morgan fingerprint density at radius 2 is 1.18 bits per heavy atom. The maximum Gasteiger partial charge on any atom is 0.306 e. The van der Waals surface area contributed by atoms with E-state index in [0.29, 0.717) is 48.8 Å². The fourth-order valence-corrected chi connectivity index (χ4v) is 7.39. The van der Waals surface area contributed by atoms with Crippen LogP contribution in [-0.2, 0) is 32.1 Å². The largest absolute Gasteiger partial charge is 0.507 e. The molecule has 0 saturated carbocycles. The molecule has 1 aromatic carbocycles. The molecule has 1 N–H and O–H groups in total. The molecule has 0 aliphatic heterocycles. The molecule has 340 valence electrons. The van der Waals surface area contributed by atoms with Gasteiger partial charge in [-0.1, -0.05) is 165 Å². The third kappa shape index (κ3) is 28.0. The summed E-state index contributed by atoms with van der Waals surface area (Å²) in [6, 6.07) is 1.67. The van der Waals surface area contributed by atoms with Crippen LogP contribution in [0, 0.1) is 0 Å². The van der Waals surface area contributed by atoms with Gasteiger partial charge in [-0.15, -0.1) is 0 Å². The van der Waals surface area contributed by atoms with E-state index in [0.717, 1.165) is 62.5 Å². The number of hydrogen-bond acceptors (Lipinski definition) is 7. The lowest BCUT2D eigenvalue weighted by Gasteiger charge is -2.17. The number of methoxy groups -OCH3 is 1. The highest BCUT2D eigenvalue weighted by Gasteiger charge is 2.19. The van der Waals surface area contributed by atoms with Crippen LogP contribution in [-0.4, -0.2) is 36.5 Å². The summed E-state index contributed by atoms with van der Waals surface area (Å²) in [5.74, 6) is -0.268. The van der Waals surface area contributed by atoms with Crippen LogP contribution in [0.4, 0.5) is 0 Å². The normalized spacial score (nSPS) is 12.3. The molecule has 7 nitrogen and oxygen atoms in total. The van der Waals surface area contributed by atoms with Crippen molar-refractivity contribution in [1.29, 1.82) is 0 Å². The molecule has 0 amide bonds. The van der Waals surface area contributed by atoms with E-state index in [1.807, 2.05) is 32.9 Å². The number of phenolic OH excluding ortho intramolecular Hbond substituents is 1. The van der Waals surface area contributed by atoms with Gasteiger partial charge in [0.25, 0.3) is 0 Å². The lowest BCUT2D eigenvalue weighted by molar-refractivity contribution is -0.147. The monoisotopic (exact) mass is 835 g/mol. The molecular weight excluding hydrogens is 749 g/mol. The molecule has 0 aliphatic carbocycles. The van der Waals surface area contributed by atoms with Gasteiger partial charge in [-0.2, -0.15) is 0 Å². The fourth-order valence-electron chi connectivity index (χ4n) is 7.39. The van der Waals surface area contributed by atoms with Crippen molar-refractivity contribution in [1.82, 2.24) is 0 Å². The molecule has 60 heavy (non-hydrogen) atoms. The summed E-state index contributed by atoms with van der Waals surface area (Å²) < 4.78 is 17.1. The van der Waals surface area contributed by atoms with Crippen molar-refractivity contribution < 1.29 is 33.7 Å². The second kappa shape index (κ2) is 37.2. The van der Waals surface area contributed by atoms with Gasteiger partial charge in [0.15, 0.2) is 6.29 Å². The molecule has 7 heteroatoms. The number of phenols is 1. The fraction of sp³-hybridized carbons (Fsp3) is 0.679. The number of unbranched alkanes of at least 4 members (excludes halogenated alkanes) is 20. The average molecular weight is 835 g/mol. The highest BCUT2D eigenvalue weighted by molar-refractivity contribution is 5.84. The summed E-state index contributed by atoms with van der Waals surface area (Å²) in [4.78, 5) is 37.5. The van der Waals surface area contributed by atoms with E-state index in [2.05, 4.69) is 38.2 Å². The standard InChI is InChI=1S/C53H86O7/c1-7-9-11-13-15-17-19-21-22-24-26-28-30-32-34-36-52(56)60-47(39-44(3)4)40-45(5)37-38-48-50(58-6)41-46(49(42-54)53(48)57)43-59-51(55)35-33-31-29-27-25-23-20-18-16-14-12-10-8-2/h15,17,21-22,37,39,41-42,47,57H,7-14,16,18-20,23-36,38,40,43H2,1-6H3/b17-15-,22-21-,45-37?. The number of rotatable bonds is 38. The highest BCUT2D eigenvalue weighted by atomic mass is 16.5. The second-order valence-electron chi connectivity index (χ2n) is 17.0. The Kier molecular flexibility index (Phi) is 33.7. The van der Waals surface area contributed by atoms with Gasteiger partial charge in [-0.05, 0) is 84.3 Å². The molecule has 0 spiro atoms. The summed E-state index contributed by atoms with van der Waals surface area (Å²) in [7, 11) is 1.51. The van der Waals surface area contributed by atoms with Crippen molar-refractivity contribution in [2.75, 3.05) is 7.11 Å². The molecule has 1 rings (SSSR count). The van der Waals surface area contributed by atoms with Gasteiger partial charge in [-0.3, -0.25) is 14.4 Å². The van der Waals surface area contributed by atoms with Crippen molar-refractivity contribution in [3.05, 3.63) is 70.4 Å². The number of ether oxygens (including phenoxy) is 3. The van der Waals surface area contributed by atoms with Crippen LogP contribution < -0.4 is 4.74 Å². The van der Waals surface area contributed by atoms with Gasteiger partial charge in [0.1, 0.15) is 24.2 Å². The molecule has 0 saturated heterocycles. The summed E-state index contributed by atoms with van der Waals surface area (Å²) in [5, 5.41) is 11.2. The number of carbonyl (C=O) groups is 3. The van der Waals surface area contributed by atoms with E-state index < -0.39 is 6.10 Å². The van der Waals surface area contributed by atoms with Crippen LogP contribution in [0.2, 0.25) is 0 Å². The quantitative estimate of drug-likeness (QED) is 0.0306. The number of esters is 2. The van der Waals surface area contributed by atoms with Crippen molar-refractivity contribution in [2.45, 2.75) is 227 Å². The molecule has 0 fully saturated rings. The van der Waals surface area contributed by atoms with Crippen LogP contribution in [0.1, 0.15) is 229 Å². The summed E-state index contributed by atoms with van der Waals surface area (Å²) >= 11 is 0. The van der Waals surface area contributed by atoms with Gasteiger partial charge in [0, 0.05) is 30.4 Å². The maximum atomic E-state index is 12.8. The third-order valence-electron chi connectivity index (χ3n) is 11.0. The predicted octanol–water partition coefficient (Wildman–Crippen LogP) is 15.3. The van der Waals surface area contributed by atoms with Gasteiger partial charge in [-0.25, -0.2) is 0 Å². The van der Waals surface area contributed by atoms with Crippen molar-refractivity contribution in [3.8, 4) is 11.5 Å². The Balaban J connectivity index is 2.52. The van der Waals surface area contributed by atoms with E-state index in [1.165, 1.54) is 110 Å². The molecule has 1 aromatic rings. The molecule has 0 radical (unpaired) electrons. The zero-order valence-electron chi connectivity index (χ0n) is 39.1. The number of hydrogen-bond donors (Lipinski definition) is 1. The highest BCUT2D eigenvalue weighted by Crippen LogP contribution is 2.35. The number of allylic oxidation sites excluding steroid dienone is 6. The van der Waals surface area contributed by atoms with Crippen molar-refractivity contribution in [2.24, 2.45) is 0 Å². The Morgan fingerprint density at radius 1 is 0.683 bits per heavy atom. The molecule has 1 atom stereocenters. The van der Waals surface area contributed by atoms with Gasteiger partial charge >= 0.3 is 11.9 Å². The topological polar surface area (TPSA) is 99.1 Å². The summed E-state index contributed by atoms with van der Waals surface area (Å²) in [6.07, 6.45) is 43.4. The third-order valence-corrected chi connectivity index (χ3v) is 11.0. The van der Waals surface area contributed by atoms with Crippen LogP contribution in [0.3, 0.4) is 0 Å². The molecular formula is C53H86O7. The zero-order valence-corrected chi connectivity index (χ0v) is 39.1. The number of aldehydes is 1. The number of aromatic hydroxyl groups is 1. The number of benzene rings is 1. The smallest absolute Gasteiger partial charge is 0.306 e. The van der Waals surface area contributed by atoms with Gasteiger partial charge in [0.2, 0.25) is 0 Å². The summed E-state index contributed by atoms with van der Waals surface area (Å²) in [5.41, 5.74) is 3.01. The van der Waals surface area contributed by atoms with Crippen LogP contribution in [0.15, 0.2) is 53.7 Å². The first-order chi connectivity index (χ1) is 29.2.